The molecule has 0 fully saturated rings. The largest absolute Gasteiger partial charge is 0.416 e. The second-order valence-corrected chi connectivity index (χ2v) is 3.51. The molecule has 0 unspecified atom stereocenters. The highest BCUT2D eigenvalue weighted by atomic mass is 16.4. The van der Waals surface area contributed by atoms with E-state index >= 15 is 0 Å². The smallest absolute Gasteiger partial charge is 0.416 e. The van der Waals surface area contributed by atoms with Crippen molar-refractivity contribution in [3.63, 3.8) is 0 Å². The fourth-order valence-electron chi connectivity index (χ4n) is 1.56. The Labute approximate surface area is 87.8 Å². The van der Waals surface area contributed by atoms with Gasteiger partial charge in [0.2, 0.25) is 0 Å². The van der Waals surface area contributed by atoms with Crippen LogP contribution in [-0.2, 0) is 6.42 Å². The average molecular weight is 203 g/mol. The maximum Gasteiger partial charge on any atom is 0.416 e. The number of hydrogen-bond donors (Lipinski definition) is 1. The summed E-state index contributed by atoms with van der Waals surface area (Å²) in [7, 11) is 0. The molecule has 0 spiro atoms. The van der Waals surface area contributed by atoms with Crippen LogP contribution in [0, 0.1) is 0 Å². The first-order chi connectivity index (χ1) is 7.29. The number of H-pyrrole nitrogens is 1. The van der Waals surface area contributed by atoms with Crippen LogP contribution in [0.2, 0.25) is 0 Å². The Morgan fingerprint density at radius 2 is 2.00 bits per heavy atom. The molecule has 0 aliphatic rings. The van der Waals surface area contributed by atoms with E-state index in [1.165, 1.54) is 11.8 Å². The number of aryl methyl sites for hydroxylation is 1. The monoisotopic (exact) mass is 203 g/mol. The number of benzene rings is 1. The van der Waals surface area contributed by atoms with Gasteiger partial charge in [-0.15, -0.1) is 0 Å². The molecule has 1 aromatic heterocycles. The maximum absolute atomic E-state index is 10.8. The molecule has 1 heterocycles. The van der Waals surface area contributed by atoms with E-state index in [1.54, 1.807) is 0 Å². The van der Waals surface area contributed by atoms with Gasteiger partial charge in [0.05, 0.1) is 5.69 Å². The van der Waals surface area contributed by atoms with Crippen LogP contribution >= 0.6 is 0 Å². The zero-order valence-corrected chi connectivity index (χ0v) is 8.62. The van der Waals surface area contributed by atoms with Crippen LogP contribution < -0.4 is 5.76 Å². The molecule has 0 saturated heterocycles. The van der Waals surface area contributed by atoms with Gasteiger partial charge in [-0.25, -0.2) is 4.79 Å². The van der Waals surface area contributed by atoms with Crippen molar-refractivity contribution in [2.45, 2.75) is 19.8 Å². The third kappa shape index (κ3) is 2.18. The molecule has 0 amide bonds. The molecule has 3 heteroatoms. The van der Waals surface area contributed by atoms with Crippen LogP contribution in [0.15, 0.2) is 39.7 Å². The molecule has 0 bridgehead atoms. The lowest BCUT2D eigenvalue weighted by molar-refractivity contribution is 0.515. The molecule has 3 nitrogen and oxygen atoms in total. The Balaban J connectivity index is 2.27. The Morgan fingerprint density at radius 1 is 1.27 bits per heavy atom. The molecule has 2 aromatic rings. The third-order valence-corrected chi connectivity index (χ3v) is 2.32. The molecule has 78 valence electrons. The summed E-state index contributed by atoms with van der Waals surface area (Å²) >= 11 is 0. The molecule has 2 rings (SSSR count). The first-order valence-electron chi connectivity index (χ1n) is 5.06. The fraction of sp³-hybridized carbons (Fsp3) is 0.250. The van der Waals surface area contributed by atoms with Gasteiger partial charge in [-0.2, -0.15) is 0 Å². The van der Waals surface area contributed by atoms with Crippen molar-refractivity contribution in [3.8, 4) is 11.3 Å². The van der Waals surface area contributed by atoms with Gasteiger partial charge in [-0.3, -0.25) is 4.98 Å². The molecule has 0 radical (unpaired) electrons. The molecule has 1 aromatic carbocycles. The number of oxazole rings is 1. The van der Waals surface area contributed by atoms with Crippen molar-refractivity contribution in [1.82, 2.24) is 4.98 Å². The van der Waals surface area contributed by atoms with E-state index in [0.29, 0.717) is 0 Å². The molecule has 15 heavy (non-hydrogen) atoms. The van der Waals surface area contributed by atoms with Gasteiger partial charge in [0, 0.05) is 5.56 Å². The highest BCUT2D eigenvalue weighted by molar-refractivity contribution is 5.57. The van der Waals surface area contributed by atoms with Gasteiger partial charge in [0.1, 0.15) is 6.26 Å². The lowest BCUT2D eigenvalue weighted by Gasteiger charge is -2.00. The quantitative estimate of drug-likeness (QED) is 0.833. The standard InChI is InChI=1S/C12H13NO2/c1-2-3-9-4-6-10(7-5-9)11-8-15-12(14)13-11/h4-8H,2-3H2,1H3,(H,13,14). The molecule has 0 aliphatic carbocycles. The van der Waals surface area contributed by atoms with Crippen molar-refractivity contribution in [1.29, 1.82) is 0 Å². The number of aromatic nitrogens is 1. The van der Waals surface area contributed by atoms with E-state index in [4.69, 9.17) is 0 Å². The molecule has 0 aliphatic heterocycles. The number of nitrogens with one attached hydrogen (secondary N) is 1. The second-order valence-electron chi connectivity index (χ2n) is 3.51. The van der Waals surface area contributed by atoms with Gasteiger partial charge in [0.15, 0.2) is 0 Å². The zero-order valence-electron chi connectivity index (χ0n) is 8.62. The summed E-state index contributed by atoms with van der Waals surface area (Å²) in [6, 6.07) is 8.13. The second kappa shape index (κ2) is 4.17. The maximum atomic E-state index is 10.8. The van der Waals surface area contributed by atoms with Crippen LogP contribution in [0.1, 0.15) is 18.9 Å². The van der Waals surface area contributed by atoms with Crippen molar-refractivity contribution < 1.29 is 4.42 Å². The molecular weight excluding hydrogens is 190 g/mol. The van der Waals surface area contributed by atoms with Crippen molar-refractivity contribution in [2.75, 3.05) is 0 Å². The van der Waals surface area contributed by atoms with E-state index in [1.807, 2.05) is 12.1 Å². The number of aromatic amines is 1. The average Bonchev–Trinajstić information content (AvgIpc) is 2.67. The van der Waals surface area contributed by atoms with E-state index in [-0.39, 0.29) is 0 Å². The third-order valence-electron chi connectivity index (χ3n) is 2.32. The summed E-state index contributed by atoms with van der Waals surface area (Å²) in [5.41, 5.74) is 3.01. The first kappa shape index (κ1) is 9.77. The summed E-state index contributed by atoms with van der Waals surface area (Å²) in [5.74, 6) is -0.414. The summed E-state index contributed by atoms with van der Waals surface area (Å²) in [6.07, 6.45) is 3.67. The summed E-state index contributed by atoms with van der Waals surface area (Å²) < 4.78 is 4.69. The molecular formula is C12H13NO2. The van der Waals surface area contributed by atoms with Crippen LogP contribution in [0.5, 0.6) is 0 Å². The Hall–Kier alpha value is -1.77. The van der Waals surface area contributed by atoms with Crippen LogP contribution in [0.3, 0.4) is 0 Å². The summed E-state index contributed by atoms with van der Waals surface area (Å²) in [6.45, 7) is 2.15. The van der Waals surface area contributed by atoms with Crippen molar-refractivity contribution in [2.24, 2.45) is 0 Å². The number of rotatable bonds is 3. The Bertz CT molecular complexity index is 479. The lowest BCUT2D eigenvalue weighted by Crippen LogP contribution is -1.94. The van der Waals surface area contributed by atoms with Crippen molar-refractivity contribution >= 4 is 0 Å². The fourth-order valence-corrected chi connectivity index (χ4v) is 1.56. The predicted molar refractivity (Wildman–Crippen MR) is 58.8 cm³/mol. The minimum Gasteiger partial charge on any atom is -0.416 e. The predicted octanol–water partition coefficient (Wildman–Crippen LogP) is 2.59. The van der Waals surface area contributed by atoms with E-state index in [0.717, 1.165) is 24.1 Å². The molecule has 0 saturated carbocycles. The number of hydrogen-bond acceptors (Lipinski definition) is 2. The Morgan fingerprint density at radius 3 is 2.53 bits per heavy atom. The molecule has 0 atom stereocenters. The van der Waals surface area contributed by atoms with Crippen molar-refractivity contribution in [3.05, 3.63) is 46.6 Å². The lowest BCUT2D eigenvalue weighted by atomic mass is 10.1. The topological polar surface area (TPSA) is 46.0 Å². The molecule has 1 N–H and O–H groups in total. The normalized spacial score (nSPS) is 10.5. The van der Waals surface area contributed by atoms with Crippen LogP contribution in [0.25, 0.3) is 11.3 Å². The van der Waals surface area contributed by atoms with Gasteiger partial charge < -0.3 is 4.42 Å². The van der Waals surface area contributed by atoms with E-state index < -0.39 is 5.76 Å². The highest BCUT2D eigenvalue weighted by Gasteiger charge is 2.01. The van der Waals surface area contributed by atoms with Crippen LogP contribution in [0.4, 0.5) is 0 Å². The zero-order chi connectivity index (χ0) is 10.7. The van der Waals surface area contributed by atoms with Gasteiger partial charge in [0.25, 0.3) is 0 Å². The van der Waals surface area contributed by atoms with Gasteiger partial charge >= 0.3 is 5.76 Å². The van der Waals surface area contributed by atoms with E-state index in [9.17, 15) is 4.79 Å². The van der Waals surface area contributed by atoms with Gasteiger partial charge in [-0.1, -0.05) is 37.6 Å². The van der Waals surface area contributed by atoms with E-state index in [2.05, 4.69) is 28.5 Å². The summed E-state index contributed by atoms with van der Waals surface area (Å²) in [4.78, 5) is 13.4. The SMILES string of the molecule is CCCc1ccc(-c2coc(=O)[nH]2)cc1. The Kier molecular flexibility index (Phi) is 2.72. The highest BCUT2D eigenvalue weighted by Crippen LogP contribution is 2.16. The minimum absolute atomic E-state index is 0.414. The van der Waals surface area contributed by atoms with Gasteiger partial charge in [-0.05, 0) is 12.0 Å². The first-order valence-corrected chi connectivity index (χ1v) is 5.06. The van der Waals surface area contributed by atoms with Crippen LogP contribution in [-0.4, -0.2) is 4.98 Å². The minimum atomic E-state index is -0.414. The summed E-state index contributed by atoms with van der Waals surface area (Å²) in [5, 5.41) is 0.